The molecule has 1 amide bonds. The average molecular weight is 457 g/mol. The number of thioether (sulfide) groups is 1. The highest BCUT2D eigenvalue weighted by Gasteiger charge is 2.13. The first-order chi connectivity index (χ1) is 15.5. The van der Waals surface area contributed by atoms with Gasteiger partial charge in [0.2, 0.25) is 0 Å². The van der Waals surface area contributed by atoms with Crippen LogP contribution in [0.15, 0.2) is 35.6 Å². The molecule has 0 saturated heterocycles. The van der Waals surface area contributed by atoms with Crippen LogP contribution < -0.4 is 15.4 Å². The normalized spacial score (nSPS) is 11.2. The molecule has 0 unspecified atom stereocenters. The van der Waals surface area contributed by atoms with Crippen LogP contribution in [0.1, 0.15) is 45.6 Å². The van der Waals surface area contributed by atoms with E-state index in [0.29, 0.717) is 24.8 Å². The van der Waals surface area contributed by atoms with E-state index in [0.717, 1.165) is 40.7 Å². The summed E-state index contributed by atoms with van der Waals surface area (Å²) < 4.78 is 7.40. The Labute approximate surface area is 193 Å². The van der Waals surface area contributed by atoms with E-state index >= 15 is 0 Å². The highest BCUT2D eigenvalue weighted by Crippen LogP contribution is 2.24. The lowest BCUT2D eigenvalue weighted by Crippen LogP contribution is -2.31. The molecule has 0 aliphatic heterocycles. The number of benzene rings is 1. The van der Waals surface area contributed by atoms with E-state index in [9.17, 15) is 4.79 Å². The van der Waals surface area contributed by atoms with Gasteiger partial charge in [-0.2, -0.15) is 5.10 Å². The van der Waals surface area contributed by atoms with Crippen molar-refractivity contribution in [3.63, 3.8) is 0 Å². The van der Waals surface area contributed by atoms with Gasteiger partial charge in [-0.3, -0.25) is 4.79 Å². The number of rotatable bonds is 12. The predicted molar refractivity (Wildman–Crippen MR) is 130 cm³/mol. The number of anilines is 1. The van der Waals surface area contributed by atoms with E-state index in [4.69, 9.17) is 4.74 Å². The number of hydrogen-bond donors (Lipinski definition) is 2. The van der Waals surface area contributed by atoms with Gasteiger partial charge in [0, 0.05) is 13.1 Å². The van der Waals surface area contributed by atoms with Crippen molar-refractivity contribution in [2.45, 2.75) is 51.7 Å². The molecule has 172 valence electrons. The van der Waals surface area contributed by atoms with Gasteiger partial charge < -0.3 is 15.4 Å². The van der Waals surface area contributed by atoms with Gasteiger partial charge in [-0.15, -0.1) is 0 Å². The van der Waals surface area contributed by atoms with E-state index < -0.39 is 0 Å². The third-order valence-corrected chi connectivity index (χ3v) is 5.58. The van der Waals surface area contributed by atoms with Crippen LogP contribution in [0.25, 0.3) is 11.0 Å². The largest absolute Gasteiger partial charge is 0.484 e. The second-order valence-electron chi connectivity index (χ2n) is 7.68. The molecule has 32 heavy (non-hydrogen) atoms. The number of aromatic nitrogens is 4. The summed E-state index contributed by atoms with van der Waals surface area (Å²) in [7, 11) is 0. The predicted octanol–water partition coefficient (Wildman–Crippen LogP) is 4.08. The second-order valence-corrected chi connectivity index (χ2v) is 8.91. The van der Waals surface area contributed by atoms with Crippen LogP contribution in [0.2, 0.25) is 0 Å². The van der Waals surface area contributed by atoms with Crippen LogP contribution in [0.5, 0.6) is 5.75 Å². The van der Waals surface area contributed by atoms with Crippen molar-refractivity contribution < 1.29 is 9.53 Å². The Morgan fingerprint density at radius 3 is 2.62 bits per heavy atom. The molecule has 1 aromatic carbocycles. The van der Waals surface area contributed by atoms with Crippen molar-refractivity contribution in [1.29, 1.82) is 0 Å². The molecule has 9 heteroatoms. The minimum absolute atomic E-state index is 0.0224. The fourth-order valence-electron chi connectivity index (χ4n) is 3.12. The van der Waals surface area contributed by atoms with Crippen molar-refractivity contribution in [3.8, 4) is 5.75 Å². The minimum atomic E-state index is -0.170. The number of ether oxygens (including phenoxy) is 1. The van der Waals surface area contributed by atoms with E-state index in [1.165, 1.54) is 5.56 Å². The van der Waals surface area contributed by atoms with Crippen molar-refractivity contribution in [3.05, 3.63) is 36.0 Å². The topological polar surface area (TPSA) is 94.0 Å². The fourth-order valence-corrected chi connectivity index (χ4v) is 3.69. The third kappa shape index (κ3) is 6.35. The molecule has 0 aliphatic carbocycles. The molecular weight excluding hydrogens is 424 g/mol. The average Bonchev–Trinajstić information content (AvgIpc) is 3.19. The molecule has 0 bridgehead atoms. The number of hydrogen-bond acceptors (Lipinski definition) is 7. The molecule has 0 saturated carbocycles. The van der Waals surface area contributed by atoms with Crippen LogP contribution in [0, 0.1) is 0 Å². The number of nitrogens with zero attached hydrogens (tertiary/aromatic N) is 4. The Bertz CT molecular complexity index is 1020. The smallest absolute Gasteiger partial charge is 0.258 e. The molecule has 2 aromatic heterocycles. The van der Waals surface area contributed by atoms with Crippen LogP contribution in [0.3, 0.4) is 0 Å². The second kappa shape index (κ2) is 11.7. The van der Waals surface area contributed by atoms with Gasteiger partial charge in [-0.25, -0.2) is 14.6 Å². The molecule has 0 fully saturated rings. The van der Waals surface area contributed by atoms with E-state index in [1.54, 1.807) is 22.6 Å². The van der Waals surface area contributed by atoms with E-state index in [1.807, 2.05) is 24.3 Å². The van der Waals surface area contributed by atoms with Gasteiger partial charge in [0.15, 0.2) is 17.4 Å². The Morgan fingerprint density at radius 1 is 1.16 bits per heavy atom. The van der Waals surface area contributed by atoms with Crippen molar-refractivity contribution in [1.82, 2.24) is 25.1 Å². The standard InChI is InChI=1S/C23H32N6O2S/c1-5-11-25-21-19-14-26-29(22(19)28-23(27-21)32-6-2)13-12-24-20(30)15-31-18-9-7-17(8-10-18)16(3)4/h7-10,14,16H,5-6,11-13,15H2,1-4H3,(H,24,30)(H,25,27,28). The van der Waals surface area contributed by atoms with Gasteiger partial charge >= 0.3 is 0 Å². The summed E-state index contributed by atoms with van der Waals surface area (Å²) in [5.41, 5.74) is 2.01. The quantitative estimate of drug-likeness (QED) is 0.313. The van der Waals surface area contributed by atoms with Crippen molar-refractivity contribution >= 4 is 34.5 Å². The summed E-state index contributed by atoms with van der Waals surface area (Å²) >= 11 is 1.60. The molecule has 0 spiro atoms. The number of fused-ring (bicyclic) bond motifs is 1. The monoisotopic (exact) mass is 456 g/mol. The van der Waals surface area contributed by atoms with Gasteiger partial charge in [0.05, 0.1) is 18.1 Å². The summed E-state index contributed by atoms with van der Waals surface area (Å²) in [6, 6.07) is 7.84. The zero-order valence-electron chi connectivity index (χ0n) is 19.2. The van der Waals surface area contributed by atoms with Crippen LogP contribution in [-0.2, 0) is 11.3 Å². The Hall–Kier alpha value is -2.81. The molecule has 3 rings (SSSR count). The maximum Gasteiger partial charge on any atom is 0.258 e. The molecule has 2 heterocycles. The number of carbonyl (C=O) groups excluding carboxylic acids is 1. The van der Waals surface area contributed by atoms with Gasteiger partial charge in [-0.1, -0.05) is 51.6 Å². The van der Waals surface area contributed by atoms with Gasteiger partial charge in [0.1, 0.15) is 11.6 Å². The van der Waals surface area contributed by atoms with Crippen molar-refractivity contribution in [2.75, 3.05) is 30.8 Å². The summed E-state index contributed by atoms with van der Waals surface area (Å²) in [4.78, 5) is 21.5. The maximum atomic E-state index is 12.2. The molecule has 8 nitrogen and oxygen atoms in total. The van der Waals surface area contributed by atoms with Crippen LogP contribution in [-0.4, -0.2) is 51.1 Å². The highest BCUT2D eigenvalue weighted by atomic mass is 32.2. The lowest BCUT2D eigenvalue weighted by Gasteiger charge is -2.10. The van der Waals surface area contributed by atoms with E-state index in [-0.39, 0.29) is 12.5 Å². The molecule has 2 N–H and O–H groups in total. The SMILES string of the molecule is CCCNc1nc(SCC)nc2c1cnn2CCNC(=O)COc1ccc(C(C)C)cc1. The number of nitrogens with one attached hydrogen (secondary N) is 2. The molecule has 0 radical (unpaired) electrons. The van der Waals surface area contributed by atoms with Crippen LogP contribution in [0.4, 0.5) is 5.82 Å². The van der Waals surface area contributed by atoms with Gasteiger partial charge in [0.25, 0.3) is 5.91 Å². The summed E-state index contributed by atoms with van der Waals surface area (Å²) in [6.07, 6.45) is 2.78. The summed E-state index contributed by atoms with van der Waals surface area (Å²) in [5.74, 6) is 2.68. The maximum absolute atomic E-state index is 12.2. The summed E-state index contributed by atoms with van der Waals surface area (Å²) in [5, 5.41) is 12.3. The minimum Gasteiger partial charge on any atom is -0.484 e. The zero-order chi connectivity index (χ0) is 22.9. The lowest BCUT2D eigenvalue weighted by atomic mass is 10.0. The number of amides is 1. The Kier molecular flexibility index (Phi) is 8.72. The molecule has 0 atom stereocenters. The Balaban J connectivity index is 1.56. The first-order valence-electron chi connectivity index (χ1n) is 11.1. The zero-order valence-corrected chi connectivity index (χ0v) is 20.0. The van der Waals surface area contributed by atoms with Gasteiger partial charge in [-0.05, 0) is 35.8 Å². The number of carbonyl (C=O) groups is 1. The van der Waals surface area contributed by atoms with E-state index in [2.05, 4.69) is 53.4 Å². The third-order valence-electron chi connectivity index (χ3n) is 4.85. The van der Waals surface area contributed by atoms with Crippen LogP contribution >= 0.6 is 11.8 Å². The fraction of sp³-hybridized carbons (Fsp3) is 0.478. The molecule has 3 aromatic rings. The lowest BCUT2D eigenvalue weighted by molar-refractivity contribution is -0.123. The van der Waals surface area contributed by atoms with Crippen molar-refractivity contribution in [2.24, 2.45) is 0 Å². The molecular formula is C23H32N6O2S. The first kappa shape index (κ1) is 23.8. The first-order valence-corrected chi connectivity index (χ1v) is 12.1. The molecule has 0 aliphatic rings. The highest BCUT2D eigenvalue weighted by molar-refractivity contribution is 7.99. The summed E-state index contributed by atoms with van der Waals surface area (Å²) in [6.45, 7) is 10.2. The Morgan fingerprint density at radius 2 is 1.94 bits per heavy atom.